The Morgan fingerprint density at radius 1 is 1.71 bits per heavy atom. The van der Waals surface area contributed by atoms with Gasteiger partial charge in [0.15, 0.2) is 5.03 Å². The molecule has 0 aliphatic heterocycles. The van der Waals surface area contributed by atoms with E-state index < -0.39 is 16.1 Å². The first-order valence-corrected chi connectivity index (χ1v) is 7.13. The van der Waals surface area contributed by atoms with Crippen molar-refractivity contribution in [2.75, 3.05) is 6.54 Å². The summed E-state index contributed by atoms with van der Waals surface area (Å²) in [6, 6.07) is 0. The molecule has 1 saturated carbocycles. The second kappa shape index (κ2) is 4.56. The first kappa shape index (κ1) is 12.8. The molecule has 0 radical (unpaired) electrons. The SMILES string of the molecule is Cn1ncc(Cl)c1S(=O)(=O)NCC(O)C1CC1. The summed E-state index contributed by atoms with van der Waals surface area (Å²) >= 11 is 5.75. The Labute approximate surface area is 105 Å². The van der Waals surface area contributed by atoms with E-state index in [4.69, 9.17) is 11.6 Å². The van der Waals surface area contributed by atoms with Crippen LogP contribution in [0.25, 0.3) is 0 Å². The average Bonchev–Trinajstić information content (AvgIpc) is 3.02. The van der Waals surface area contributed by atoms with Gasteiger partial charge in [0, 0.05) is 13.6 Å². The second-order valence-electron chi connectivity index (χ2n) is 4.18. The predicted molar refractivity (Wildman–Crippen MR) is 62.1 cm³/mol. The number of halogens is 1. The van der Waals surface area contributed by atoms with E-state index in [0.717, 1.165) is 12.8 Å². The molecule has 1 aliphatic rings. The van der Waals surface area contributed by atoms with E-state index in [0.29, 0.717) is 0 Å². The van der Waals surface area contributed by atoms with E-state index >= 15 is 0 Å². The van der Waals surface area contributed by atoms with Crippen molar-refractivity contribution in [3.05, 3.63) is 11.2 Å². The summed E-state index contributed by atoms with van der Waals surface area (Å²) in [6.07, 6.45) is 2.55. The lowest BCUT2D eigenvalue weighted by atomic mass is 10.2. The molecule has 0 amide bonds. The second-order valence-corrected chi connectivity index (χ2v) is 6.27. The fourth-order valence-corrected chi connectivity index (χ4v) is 3.31. The van der Waals surface area contributed by atoms with Crippen molar-refractivity contribution < 1.29 is 13.5 Å². The van der Waals surface area contributed by atoms with Crippen molar-refractivity contribution in [1.82, 2.24) is 14.5 Å². The van der Waals surface area contributed by atoms with Crippen LogP contribution >= 0.6 is 11.6 Å². The maximum Gasteiger partial charge on any atom is 0.259 e. The number of hydrogen-bond acceptors (Lipinski definition) is 4. The molecule has 0 aromatic carbocycles. The quantitative estimate of drug-likeness (QED) is 0.802. The third kappa shape index (κ3) is 2.79. The molecule has 1 atom stereocenters. The van der Waals surface area contributed by atoms with Crippen LogP contribution in [0.2, 0.25) is 5.02 Å². The molecular formula is C9H14ClN3O3S. The third-order valence-corrected chi connectivity index (χ3v) is 4.67. The van der Waals surface area contributed by atoms with Crippen LogP contribution in [0.5, 0.6) is 0 Å². The first-order chi connectivity index (χ1) is 7.92. The Morgan fingerprint density at radius 3 is 2.82 bits per heavy atom. The Balaban J connectivity index is 2.08. The Bertz CT molecular complexity index is 490. The predicted octanol–water partition coefficient (Wildman–Crippen LogP) is 0.123. The molecule has 8 heteroatoms. The molecule has 1 unspecified atom stereocenters. The molecule has 1 aromatic heterocycles. The van der Waals surface area contributed by atoms with Crippen molar-refractivity contribution in [2.45, 2.75) is 24.0 Å². The highest BCUT2D eigenvalue weighted by Crippen LogP contribution is 2.32. The Morgan fingerprint density at radius 2 is 2.35 bits per heavy atom. The first-order valence-electron chi connectivity index (χ1n) is 5.27. The van der Waals surface area contributed by atoms with Crippen LogP contribution in [0.15, 0.2) is 11.2 Å². The van der Waals surface area contributed by atoms with Gasteiger partial charge in [-0.25, -0.2) is 13.1 Å². The molecular weight excluding hydrogens is 266 g/mol. The van der Waals surface area contributed by atoms with E-state index in [1.807, 2.05) is 0 Å². The minimum atomic E-state index is -3.72. The van der Waals surface area contributed by atoms with E-state index in [1.165, 1.54) is 17.9 Å². The fourth-order valence-electron chi connectivity index (χ4n) is 1.61. The minimum Gasteiger partial charge on any atom is -0.391 e. The lowest BCUT2D eigenvalue weighted by Crippen LogP contribution is -2.34. The number of rotatable bonds is 5. The zero-order chi connectivity index (χ0) is 12.6. The van der Waals surface area contributed by atoms with Crippen LogP contribution in [0.4, 0.5) is 0 Å². The molecule has 96 valence electrons. The monoisotopic (exact) mass is 279 g/mol. The van der Waals surface area contributed by atoms with Gasteiger partial charge >= 0.3 is 0 Å². The summed E-state index contributed by atoms with van der Waals surface area (Å²) in [6.45, 7) is 0.00844. The molecule has 2 rings (SSSR count). The molecule has 1 aromatic rings. The number of sulfonamides is 1. The van der Waals surface area contributed by atoms with E-state index in [2.05, 4.69) is 9.82 Å². The normalized spacial score (nSPS) is 18.3. The summed E-state index contributed by atoms with van der Waals surface area (Å²) in [5.74, 6) is 0.222. The van der Waals surface area contributed by atoms with Crippen molar-refractivity contribution in [2.24, 2.45) is 13.0 Å². The van der Waals surface area contributed by atoms with Gasteiger partial charge in [-0.3, -0.25) is 4.68 Å². The lowest BCUT2D eigenvalue weighted by Gasteiger charge is -2.11. The molecule has 1 aliphatic carbocycles. The van der Waals surface area contributed by atoms with Crippen LogP contribution < -0.4 is 4.72 Å². The maximum absolute atomic E-state index is 11.9. The highest BCUT2D eigenvalue weighted by atomic mass is 35.5. The molecule has 1 heterocycles. The Hall–Kier alpha value is -0.630. The topological polar surface area (TPSA) is 84.2 Å². The van der Waals surface area contributed by atoms with Gasteiger partial charge in [-0.05, 0) is 18.8 Å². The number of nitrogens with zero attached hydrogens (tertiary/aromatic N) is 2. The van der Waals surface area contributed by atoms with Crippen LogP contribution in [0, 0.1) is 5.92 Å². The summed E-state index contributed by atoms with van der Waals surface area (Å²) in [5.41, 5.74) is 0. The van der Waals surface area contributed by atoms with Crippen LogP contribution in [0.3, 0.4) is 0 Å². The van der Waals surface area contributed by atoms with E-state index in [1.54, 1.807) is 0 Å². The van der Waals surface area contributed by atoms with Crippen molar-refractivity contribution in [1.29, 1.82) is 0 Å². The van der Waals surface area contributed by atoms with Gasteiger partial charge in [-0.15, -0.1) is 0 Å². The van der Waals surface area contributed by atoms with E-state index in [9.17, 15) is 13.5 Å². The summed E-state index contributed by atoms with van der Waals surface area (Å²) in [7, 11) is -2.22. The standard InChI is InChI=1S/C9H14ClN3O3S/c1-13-9(7(10)4-11-13)17(15,16)12-5-8(14)6-2-3-6/h4,6,8,12,14H,2-3,5H2,1H3. The van der Waals surface area contributed by atoms with Crippen LogP contribution in [-0.2, 0) is 17.1 Å². The highest BCUT2D eigenvalue weighted by molar-refractivity contribution is 7.89. The number of aromatic nitrogens is 2. The average molecular weight is 280 g/mol. The minimum absolute atomic E-state index is 0.00844. The number of aliphatic hydroxyl groups excluding tert-OH is 1. The van der Waals surface area contributed by atoms with Gasteiger partial charge in [0.2, 0.25) is 0 Å². The highest BCUT2D eigenvalue weighted by Gasteiger charge is 2.31. The number of nitrogens with one attached hydrogen (secondary N) is 1. The zero-order valence-electron chi connectivity index (χ0n) is 9.30. The number of aryl methyl sites for hydroxylation is 1. The molecule has 2 N–H and O–H groups in total. The zero-order valence-corrected chi connectivity index (χ0v) is 10.9. The van der Waals surface area contributed by atoms with Crippen molar-refractivity contribution in [3.8, 4) is 0 Å². The summed E-state index contributed by atoms with van der Waals surface area (Å²) in [4.78, 5) is 0. The number of hydrogen-bond donors (Lipinski definition) is 2. The largest absolute Gasteiger partial charge is 0.391 e. The smallest absolute Gasteiger partial charge is 0.259 e. The summed E-state index contributed by atoms with van der Waals surface area (Å²) < 4.78 is 27.4. The van der Waals surface area contributed by atoms with Gasteiger partial charge < -0.3 is 5.11 Å². The van der Waals surface area contributed by atoms with Gasteiger partial charge in [-0.1, -0.05) is 11.6 Å². The van der Waals surface area contributed by atoms with Gasteiger partial charge in [0.25, 0.3) is 10.0 Å². The fraction of sp³-hybridized carbons (Fsp3) is 0.667. The summed E-state index contributed by atoms with van der Waals surface area (Å²) in [5, 5.41) is 13.4. The number of aliphatic hydroxyl groups is 1. The Kier molecular flexibility index (Phi) is 3.44. The van der Waals surface area contributed by atoms with Crippen LogP contribution in [-0.4, -0.2) is 36.0 Å². The van der Waals surface area contributed by atoms with Crippen molar-refractivity contribution in [3.63, 3.8) is 0 Å². The van der Waals surface area contributed by atoms with Crippen LogP contribution in [0.1, 0.15) is 12.8 Å². The molecule has 0 spiro atoms. The van der Waals surface area contributed by atoms with Gasteiger partial charge in [0.1, 0.15) is 0 Å². The molecule has 1 fully saturated rings. The molecule has 0 saturated heterocycles. The van der Waals surface area contributed by atoms with Gasteiger partial charge in [-0.2, -0.15) is 5.10 Å². The maximum atomic E-state index is 11.9. The van der Waals surface area contributed by atoms with Gasteiger partial charge in [0.05, 0.1) is 17.3 Å². The van der Waals surface area contributed by atoms with Crippen molar-refractivity contribution >= 4 is 21.6 Å². The third-order valence-electron chi connectivity index (χ3n) is 2.75. The molecule has 0 bridgehead atoms. The molecule has 17 heavy (non-hydrogen) atoms. The lowest BCUT2D eigenvalue weighted by molar-refractivity contribution is 0.155. The molecule has 6 nitrogen and oxygen atoms in total. The van der Waals surface area contributed by atoms with E-state index in [-0.39, 0.29) is 22.5 Å².